The highest BCUT2D eigenvalue weighted by Crippen LogP contribution is 2.16. The number of hydrogen-bond acceptors (Lipinski definition) is 3. The number of hydrogen-bond donors (Lipinski definition) is 2. The molecule has 3 aromatic carbocycles. The monoisotopic (exact) mass is 478 g/mol. The fraction of sp³-hybridized carbons (Fsp3) is 0.310. The average Bonchev–Trinajstić information content (AvgIpc) is 2.91. The van der Waals surface area contributed by atoms with Crippen molar-refractivity contribution in [2.45, 2.75) is 44.6 Å². The van der Waals surface area contributed by atoms with Crippen LogP contribution in [0.3, 0.4) is 0 Å². The Hall–Kier alpha value is -2.91. The molecule has 3 rings (SSSR count). The van der Waals surface area contributed by atoms with Crippen LogP contribution in [-0.2, 0) is 17.4 Å². The summed E-state index contributed by atoms with van der Waals surface area (Å²) < 4.78 is 21.3. The Kier molecular flexibility index (Phi) is 15.0. The smallest absolute Gasteiger partial charge is 0.125 e. The van der Waals surface area contributed by atoms with E-state index in [0.29, 0.717) is 6.54 Å². The Bertz CT molecular complexity index is 955. The van der Waals surface area contributed by atoms with Crippen LogP contribution >= 0.6 is 0 Å². The molecule has 0 heterocycles. The van der Waals surface area contributed by atoms with Crippen molar-refractivity contribution in [2.75, 3.05) is 20.2 Å². The first-order valence-corrected chi connectivity index (χ1v) is 12.8. The van der Waals surface area contributed by atoms with Gasteiger partial charge in [0.05, 0.1) is 18.0 Å². The van der Waals surface area contributed by atoms with Crippen molar-refractivity contribution >= 4 is 11.0 Å². The molecule has 182 valence electrons. The third kappa shape index (κ3) is 10.4. The predicted octanol–water partition coefficient (Wildman–Crippen LogP) is 5.86. The molecule has 0 aliphatic rings. The van der Waals surface area contributed by atoms with E-state index in [1.807, 2.05) is 75.4 Å². The second kappa shape index (κ2) is 17.6. The molecule has 0 saturated carbocycles. The fourth-order valence-electron chi connectivity index (χ4n) is 3.23. The summed E-state index contributed by atoms with van der Waals surface area (Å²) in [6.07, 6.45) is 10.0. The van der Waals surface area contributed by atoms with Gasteiger partial charge in [0.1, 0.15) is 16.7 Å². The maximum absolute atomic E-state index is 12.8. The zero-order valence-corrected chi connectivity index (χ0v) is 21.6. The Morgan fingerprint density at radius 1 is 0.912 bits per heavy atom. The summed E-state index contributed by atoms with van der Waals surface area (Å²) in [5, 5.41) is 3.52. The van der Waals surface area contributed by atoms with Crippen LogP contribution in [0.5, 0.6) is 5.75 Å². The van der Waals surface area contributed by atoms with Crippen LogP contribution < -0.4 is 14.8 Å². The summed E-state index contributed by atoms with van der Waals surface area (Å²) in [6, 6.07) is 26.2. The number of nitrogens with one attached hydrogen (secondary N) is 2. The molecule has 0 aliphatic carbocycles. The molecule has 0 aliphatic heterocycles. The van der Waals surface area contributed by atoms with Crippen molar-refractivity contribution < 1.29 is 8.95 Å². The third-order valence-corrected chi connectivity index (χ3v) is 6.21. The van der Waals surface area contributed by atoms with E-state index in [2.05, 4.69) is 47.2 Å². The van der Waals surface area contributed by atoms with Crippen LogP contribution in [0.15, 0.2) is 83.8 Å². The highest BCUT2D eigenvalue weighted by molar-refractivity contribution is 7.83. The highest BCUT2D eigenvalue weighted by atomic mass is 32.2. The van der Waals surface area contributed by atoms with Gasteiger partial charge in [-0.2, -0.15) is 0 Å². The molecule has 2 atom stereocenters. The normalized spacial score (nSPS) is 11.7. The number of terminal acetylenes is 1. The van der Waals surface area contributed by atoms with Gasteiger partial charge in [-0.3, -0.25) is 0 Å². The molecule has 0 bridgehead atoms. The van der Waals surface area contributed by atoms with Gasteiger partial charge in [0.15, 0.2) is 0 Å². The van der Waals surface area contributed by atoms with E-state index in [1.165, 1.54) is 5.56 Å². The van der Waals surface area contributed by atoms with Crippen molar-refractivity contribution in [3.05, 3.63) is 95.6 Å². The quantitative estimate of drug-likeness (QED) is 0.268. The minimum Gasteiger partial charge on any atom is -0.497 e. The largest absolute Gasteiger partial charge is 0.497 e. The Balaban J connectivity index is 0.00000137. The van der Waals surface area contributed by atoms with Crippen LogP contribution in [-0.4, -0.2) is 24.4 Å². The lowest BCUT2D eigenvalue weighted by Crippen LogP contribution is -2.33. The zero-order valence-electron chi connectivity index (χ0n) is 20.8. The topological polar surface area (TPSA) is 50.4 Å². The molecule has 3 aromatic rings. The molecule has 34 heavy (non-hydrogen) atoms. The molecule has 5 heteroatoms. The van der Waals surface area contributed by atoms with Crippen LogP contribution in [0.25, 0.3) is 0 Å². The SMILES string of the molecule is C#C.CC.COc1ccc(CCCNCC(NS(=O)c2ccc(C)cc2)c2ccccc2)cc1. The second-order valence-corrected chi connectivity index (χ2v) is 8.56. The number of methoxy groups -OCH3 is 1. The Labute approximate surface area is 208 Å². The minimum atomic E-state index is -1.26. The molecule has 0 amide bonds. The summed E-state index contributed by atoms with van der Waals surface area (Å²) in [5.41, 5.74) is 3.59. The van der Waals surface area contributed by atoms with E-state index in [9.17, 15) is 4.21 Å². The first-order chi connectivity index (χ1) is 16.7. The molecule has 0 radical (unpaired) electrons. The first-order valence-electron chi connectivity index (χ1n) is 11.6. The number of aryl methyl sites for hydroxylation is 2. The van der Waals surface area contributed by atoms with E-state index in [-0.39, 0.29) is 6.04 Å². The van der Waals surface area contributed by atoms with Gasteiger partial charge in [-0.1, -0.05) is 74.0 Å². The van der Waals surface area contributed by atoms with Crippen LogP contribution in [0.1, 0.15) is 43.0 Å². The molecular weight excluding hydrogens is 440 g/mol. The Morgan fingerprint density at radius 2 is 1.53 bits per heavy atom. The van der Waals surface area contributed by atoms with Gasteiger partial charge < -0.3 is 10.1 Å². The van der Waals surface area contributed by atoms with Gasteiger partial charge >= 0.3 is 0 Å². The van der Waals surface area contributed by atoms with E-state index < -0.39 is 11.0 Å². The molecule has 4 nitrogen and oxygen atoms in total. The first kappa shape index (κ1) is 29.1. The zero-order chi connectivity index (χ0) is 25.2. The van der Waals surface area contributed by atoms with Crippen molar-refractivity contribution in [3.63, 3.8) is 0 Å². The third-order valence-electron chi connectivity index (χ3n) is 5.01. The maximum atomic E-state index is 12.8. The lowest BCUT2D eigenvalue weighted by molar-refractivity contribution is 0.414. The molecule has 0 spiro atoms. The number of rotatable bonds is 11. The fourth-order valence-corrected chi connectivity index (χ4v) is 4.23. The summed E-state index contributed by atoms with van der Waals surface area (Å²) in [6.45, 7) is 7.64. The van der Waals surface area contributed by atoms with Crippen LogP contribution in [0.4, 0.5) is 0 Å². The maximum Gasteiger partial charge on any atom is 0.125 e. The van der Waals surface area contributed by atoms with E-state index in [4.69, 9.17) is 4.74 Å². The molecular formula is C29H38N2O2S. The van der Waals surface area contributed by atoms with Gasteiger partial charge in [0.25, 0.3) is 0 Å². The molecule has 2 N–H and O–H groups in total. The van der Waals surface area contributed by atoms with E-state index >= 15 is 0 Å². The standard InChI is InChI=1S/C25H30N2O2S.C2H6.C2H2/c1-20-10-16-24(17-11-20)30(28)27-25(22-8-4-3-5-9-22)19-26-18-6-7-21-12-14-23(29-2)15-13-21;2*1-2/h3-5,8-17,25-27H,6-7,18-19H2,1-2H3;1-2H3;1-2H. The second-order valence-electron chi connectivity index (χ2n) is 7.32. The average molecular weight is 479 g/mol. The van der Waals surface area contributed by atoms with Crippen LogP contribution in [0, 0.1) is 19.8 Å². The summed E-state index contributed by atoms with van der Waals surface area (Å²) in [5.74, 6) is 0.884. The minimum absolute atomic E-state index is 0.0330. The van der Waals surface area contributed by atoms with E-state index in [1.54, 1.807) is 7.11 Å². The van der Waals surface area contributed by atoms with Gasteiger partial charge in [-0.05, 0) is 61.7 Å². The van der Waals surface area contributed by atoms with Crippen LogP contribution in [0.2, 0.25) is 0 Å². The van der Waals surface area contributed by atoms with Gasteiger partial charge in [0.2, 0.25) is 0 Å². The van der Waals surface area contributed by atoms with Crippen molar-refractivity contribution in [1.82, 2.24) is 10.0 Å². The lowest BCUT2D eigenvalue weighted by Gasteiger charge is -2.19. The molecule has 0 aromatic heterocycles. The van der Waals surface area contributed by atoms with Crippen molar-refractivity contribution in [2.24, 2.45) is 0 Å². The number of ether oxygens (including phenoxy) is 1. The van der Waals surface area contributed by atoms with E-state index in [0.717, 1.165) is 41.2 Å². The number of benzene rings is 3. The lowest BCUT2D eigenvalue weighted by atomic mass is 10.1. The molecule has 0 saturated heterocycles. The summed E-state index contributed by atoms with van der Waals surface area (Å²) >= 11 is 0. The van der Waals surface area contributed by atoms with Gasteiger partial charge in [-0.25, -0.2) is 8.93 Å². The van der Waals surface area contributed by atoms with Crippen molar-refractivity contribution in [1.29, 1.82) is 0 Å². The molecule has 0 fully saturated rings. The van der Waals surface area contributed by atoms with Gasteiger partial charge in [-0.15, -0.1) is 12.8 Å². The Morgan fingerprint density at radius 3 is 2.12 bits per heavy atom. The summed E-state index contributed by atoms with van der Waals surface area (Å²) in [4.78, 5) is 0.793. The highest BCUT2D eigenvalue weighted by Gasteiger charge is 2.15. The van der Waals surface area contributed by atoms with Crippen molar-refractivity contribution in [3.8, 4) is 18.6 Å². The molecule has 2 unspecified atom stereocenters. The predicted molar refractivity (Wildman–Crippen MR) is 145 cm³/mol. The van der Waals surface area contributed by atoms with Gasteiger partial charge in [0, 0.05) is 6.54 Å². The summed E-state index contributed by atoms with van der Waals surface area (Å²) in [7, 11) is 0.418.